The van der Waals surface area contributed by atoms with E-state index in [9.17, 15) is 9.59 Å². The lowest BCUT2D eigenvalue weighted by atomic mass is 10.1. The number of hydrogen-bond donors (Lipinski definition) is 3. The fourth-order valence-electron chi connectivity index (χ4n) is 1.64. The lowest BCUT2D eigenvalue weighted by Gasteiger charge is -2.08. The summed E-state index contributed by atoms with van der Waals surface area (Å²) < 4.78 is 0. The molecule has 114 valence electrons. The molecular formula is C16H18N4O2. The van der Waals surface area contributed by atoms with Gasteiger partial charge in [-0.1, -0.05) is 13.8 Å². The van der Waals surface area contributed by atoms with E-state index >= 15 is 0 Å². The van der Waals surface area contributed by atoms with Crippen LogP contribution in [0.4, 0.5) is 5.69 Å². The van der Waals surface area contributed by atoms with Gasteiger partial charge in [0, 0.05) is 23.4 Å². The Morgan fingerprint density at radius 1 is 1.18 bits per heavy atom. The van der Waals surface area contributed by atoms with E-state index in [-0.39, 0.29) is 17.7 Å². The highest BCUT2D eigenvalue weighted by molar-refractivity contribution is 5.96. The molecule has 1 heterocycles. The number of nitrogens with one attached hydrogen (secondary N) is 3. The van der Waals surface area contributed by atoms with E-state index in [1.54, 1.807) is 30.5 Å². The molecule has 0 bridgehead atoms. The Kier molecular flexibility index (Phi) is 5.08. The summed E-state index contributed by atoms with van der Waals surface area (Å²) in [5, 5.41) is 6.62. The van der Waals surface area contributed by atoms with Gasteiger partial charge in [-0.25, -0.2) is 5.43 Å². The molecular weight excluding hydrogens is 280 g/mol. The Morgan fingerprint density at radius 3 is 2.50 bits per heavy atom. The predicted octanol–water partition coefficient (Wildman–Crippen LogP) is 2.37. The summed E-state index contributed by atoms with van der Waals surface area (Å²) in [5.41, 5.74) is 4.36. The number of H-pyrrole nitrogens is 1. The monoisotopic (exact) mass is 298 g/mol. The smallest absolute Gasteiger partial charge is 0.271 e. The minimum absolute atomic E-state index is 0.0623. The summed E-state index contributed by atoms with van der Waals surface area (Å²) in [6.45, 7) is 3.64. The summed E-state index contributed by atoms with van der Waals surface area (Å²) >= 11 is 0. The zero-order chi connectivity index (χ0) is 15.9. The molecule has 0 fully saturated rings. The minimum atomic E-state index is -0.315. The van der Waals surface area contributed by atoms with Gasteiger partial charge in [-0.05, 0) is 36.4 Å². The van der Waals surface area contributed by atoms with Gasteiger partial charge in [-0.3, -0.25) is 9.59 Å². The topological polar surface area (TPSA) is 86.3 Å². The maximum atomic E-state index is 11.9. The van der Waals surface area contributed by atoms with Gasteiger partial charge in [0.05, 0.1) is 11.9 Å². The van der Waals surface area contributed by atoms with Crippen molar-refractivity contribution < 1.29 is 9.59 Å². The lowest BCUT2D eigenvalue weighted by molar-refractivity contribution is -0.118. The van der Waals surface area contributed by atoms with Crippen LogP contribution >= 0.6 is 0 Å². The first-order valence-corrected chi connectivity index (χ1v) is 6.94. The van der Waals surface area contributed by atoms with Crippen molar-refractivity contribution in [1.82, 2.24) is 10.4 Å². The molecule has 0 unspecified atom stereocenters. The molecule has 0 radical (unpaired) electrons. The molecule has 0 saturated carbocycles. The molecule has 6 heteroatoms. The molecule has 2 amide bonds. The highest BCUT2D eigenvalue weighted by Crippen LogP contribution is 2.11. The highest BCUT2D eigenvalue weighted by atomic mass is 16.2. The van der Waals surface area contributed by atoms with Crippen LogP contribution in [0.5, 0.6) is 0 Å². The molecule has 6 nitrogen and oxygen atoms in total. The maximum Gasteiger partial charge on any atom is 0.271 e. The second-order valence-electron chi connectivity index (χ2n) is 5.05. The Labute approximate surface area is 128 Å². The molecule has 2 rings (SSSR count). The van der Waals surface area contributed by atoms with E-state index in [1.807, 2.05) is 26.0 Å². The number of anilines is 1. The van der Waals surface area contributed by atoms with E-state index < -0.39 is 0 Å². The van der Waals surface area contributed by atoms with E-state index in [1.165, 1.54) is 6.21 Å². The first kappa shape index (κ1) is 15.5. The molecule has 1 aromatic carbocycles. The molecule has 0 aliphatic rings. The third kappa shape index (κ3) is 4.31. The quantitative estimate of drug-likeness (QED) is 0.584. The van der Waals surface area contributed by atoms with E-state index in [2.05, 4.69) is 20.8 Å². The van der Waals surface area contributed by atoms with Crippen LogP contribution in [-0.2, 0) is 4.79 Å². The van der Waals surface area contributed by atoms with Gasteiger partial charge < -0.3 is 10.3 Å². The Morgan fingerprint density at radius 2 is 1.91 bits per heavy atom. The Balaban J connectivity index is 1.92. The fraction of sp³-hybridized carbons (Fsp3) is 0.188. The van der Waals surface area contributed by atoms with Gasteiger partial charge in [-0.2, -0.15) is 5.10 Å². The van der Waals surface area contributed by atoms with Gasteiger partial charge in [0.15, 0.2) is 0 Å². The van der Waals surface area contributed by atoms with Crippen molar-refractivity contribution in [2.45, 2.75) is 13.8 Å². The average molecular weight is 298 g/mol. The highest BCUT2D eigenvalue weighted by Gasteiger charge is 2.08. The van der Waals surface area contributed by atoms with Gasteiger partial charge in [0.2, 0.25) is 5.91 Å². The van der Waals surface area contributed by atoms with Crippen LogP contribution in [0.2, 0.25) is 0 Å². The van der Waals surface area contributed by atoms with Crippen LogP contribution in [0, 0.1) is 5.92 Å². The molecule has 0 spiro atoms. The molecule has 0 saturated heterocycles. The summed E-state index contributed by atoms with van der Waals surface area (Å²) in [5.74, 6) is -0.470. The number of hydrogen-bond acceptors (Lipinski definition) is 3. The zero-order valence-corrected chi connectivity index (χ0v) is 12.5. The molecule has 1 aromatic heterocycles. The molecule has 2 aromatic rings. The van der Waals surface area contributed by atoms with Crippen molar-refractivity contribution in [2.75, 3.05) is 5.32 Å². The number of nitrogens with zero attached hydrogens (tertiary/aromatic N) is 1. The molecule has 22 heavy (non-hydrogen) atoms. The third-order valence-corrected chi connectivity index (χ3v) is 2.93. The Hall–Kier alpha value is -2.89. The van der Waals surface area contributed by atoms with E-state index in [4.69, 9.17) is 0 Å². The summed E-state index contributed by atoms with van der Waals surface area (Å²) in [6.07, 6.45) is 3.29. The number of hydrazone groups is 1. The number of benzene rings is 1. The van der Waals surface area contributed by atoms with Crippen LogP contribution in [0.3, 0.4) is 0 Å². The van der Waals surface area contributed by atoms with Gasteiger partial charge in [0.25, 0.3) is 5.91 Å². The van der Waals surface area contributed by atoms with Crippen molar-refractivity contribution in [1.29, 1.82) is 0 Å². The summed E-state index contributed by atoms with van der Waals surface area (Å²) in [6, 6.07) is 10.3. The normalized spacial score (nSPS) is 10.9. The standard InChI is InChI=1S/C16H18N4O2/c1-11(2)15(21)19-13-7-5-12(6-8-13)16(22)20-18-10-14-4-3-9-17-14/h3-11,17H,1-2H3,(H,19,21)(H,20,22)/b18-10+. The fourth-order valence-corrected chi connectivity index (χ4v) is 1.64. The summed E-state index contributed by atoms with van der Waals surface area (Å²) in [4.78, 5) is 26.4. The largest absolute Gasteiger partial charge is 0.360 e. The number of carbonyl (C=O) groups excluding carboxylic acids is 2. The van der Waals surface area contributed by atoms with Crippen LogP contribution in [0.25, 0.3) is 0 Å². The van der Waals surface area contributed by atoms with Gasteiger partial charge >= 0.3 is 0 Å². The predicted molar refractivity (Wildman–Crippen MR) is 85.8 cm³/mol. The molecule has 0 aliphatic carbocycles. The molecule has 0 aliphatic heterocycles. The third-order valence-electron chi connectivity index (χ3n) is 2.93. The number of aromatic amines is 1. The minimum Gasteiger partial charge on any atom is -0.360 e. The van der Waals surface area contributed by atoms with E-state index in [0.717, 1.165) is 5.69 Å². The molecule has 0 atom stereocenters. The summed E-state index contributed by atoms with van der Waals surface area (Å²) in [7, 11) is 0. The van der Waals surface area contributed by atoms with Gasteiger partial charge in [-0.15, -0.1) is 0 Å². The first-order valence-electron chi connectivity index (χ1n) is 6.94. The number of carbonyl (C=O) groups is 2. The number of amides is 2. The maximum absolute atomic E-state index is 11.9. The Bertz CT molecular complexity index is 658. The number of aromatic nitrogens is 1. The number of rotatable bonds is 5. The SMILES string of the molecule is CC(C)C(=O)Nc1ccc(C(=O)N/N=C/c2ccc[nH]2)cc1. The van der Waals surface area contributed by atoms with Gasteiger partial charge in [0.1, 0.15) is 0 Å². The second-order valence-corrected chi connectivity index (χ2v) is 5.05. The lowest BCUT2D eigenvalue weighted by Crippen LogP contribution is -2.19. The van der Waals surface area contributed by atoms with Crippen molar-refractivity contribution >= 4 is 23.7 Å². The van der Waals surface area contributed by atoms with Crippen LogP contribution < -0.4 is 10.7 Å². The van der Waals surface area contributed by atoms with E-state index in [0.29, 0.717) is 11.3 Å². The van der Waals surface area contributed by atoms with Crippen molar-refractivity contribution in [3.05, 3.63) is 53.9 Å². The van der Waals surface area contributed by atoms with Crippen LogP contribution in [0.1, 0.15) is 29.9 Å². The van der Waals surface area contributed by atoms with Crippen LogP contribution in [0.15, 0.2) is 47.7 Å². The zero-order valence-electron chi connectivity index (χ0n) is 12.5. The first-order chi connectivity index (χ1) is 10.6. The average Bonchev–Trinajstić information content (AvgIpc) is 3.01. The van der Waals surface area contributed by atoms with Crippen molar-refractivity contribution in [3.63, 3.8) is 0 Å². The van der Waals surface area contributed by atoms with Crippen molar-refractivity contribution in [2.24, 2.45) is 11.0 Å². The van der Waals surface area contributed by atoms with Crippen LogP contribution in [-0.4, -0.2) is 23.0 Å². The second kappa shape index (κ2) is 7.21. The molecule has 3 N–H and O–H groups in total. The van der Waals surface area contributed by atoms with Crippen molar-refractivity contribution in [3.8, 4) is 0 Å².